The number of benzene rings is 1. The highest BCUT2D eigenvalue weighted by molar-refractivity contribution is 5.95. The predicted octanol–water partition coefficient (Wildman–Crippen LogP) is 3.17. The number of aromatic carboxylic acids is 1. The van der Waals surface area contributed by atoms with Crippen LogP contribution in [-0.4, -0.2) is 31.3 Å². The number of hydrogen-bond donors (Lipinski definition) is 2. The average Bonchev–Trinajstić information content (AvgIpc) is 2.34. The van der Waals surface area contributed by atoms with Crippen molar-refractivity contribution in [2.45, 2.75) is 27.2 Å². The van der Waals surface area contributed by atoms with Crippen molar-refractivity contribution >= 4 is 11.7 Å². The lowest BCUT2D eigenvalue weighted by Gasteiger charge is -2.26. The van der Waals surface area contributed by atoms with Crippen LogP contribution in [0.4, 0.5) is 5.69 Å². The summed E-state index contributed by atoms with van der Waals surface area (Å²) in [6, 6.07) is 5.30. The van der Waals surface area contributed by atoms with Gasteiger partial charge in [0, 0.05) is 20.3 Å². The number of aryl methyl sites for hydroxylation is 1. The van der Waals surface area contributed by atoms with Crippen LogP contribution in [0.1, 0.15) is 36.2 Å². The van der Waals surface area contributed by atoms with Gasteiger partial charge in [-0.2, -0.15) is 0 Å². The lowest BCUT2D eigenvalue weighted by molar-refractivity contribution is 0.0697. The molecule has 106 valence electrons. The summed E-state index contributed by atoms with van der Waals surface area (Å²) in [5.41, 5.74) is 2.03. The summed E-state index contributed by atoms with van der Waals surface area (Å²) >= 11 is 0. The van der Waals surface area contributed by atoms with Gasteiger partial charge in [-0.1, -0.05) is 26.0 Å². The molecule has 0 atom stereocenters. The lowest BCUT2D eigenvalue weighted by atomic mass is 9.89. The third-order valence-electron chi connectivity index (χ3n) is 3.23. The highest BCUT2D eigenvalue weighted by atomic mass is 16.5. The molecule has 0 unspecified atom stereocenters. The Morgan fingerprint density at radius 1 is 1.42 bits per heavy atom. The molecule has 0 aliphatic rings. The molecular formula is C15H23NO3. The molecule has 19 heavy (non-hydrogen) atoms. The zero-order chi connectivity index (χ0) is 14.5. The standard InChI is InChI=1S/C15H23NO3/c1-11-6-5-7-12(14(17)18)13(11)16-10-15(2,3)8-9-19-4/h5-7,16H,8-10H2,1-4H3,(H,17,18). The second-order valence-electron chi connectivity index (χ2n) is 5.56. The maximum Gasteiger partial charge on any atom is 0.337 e. The minimum atomic E-state index is -0.902. The highest BCUT2D eigenvalue weighted by Gasteiger charge is 2.19. The molecule has 0 aliphatic heterocycles. The van der Waals surface area contributed by atoms with Crippen molar-refractivity contribution in [3.8, 4) is 0 Å². The van der Waals surface area contributed by atoms with Gasteiger partial charge in [-0.15, -0.1) is 0 Å². The molecule has 0 saturated heterocycles. The molecule has 0 fully saturated rings. The van der Waals surface area contributed by atoms with Crippen LogP contribution in [0.5, 0.6) is 0 Å². The van der Waals surface area contributed by atoms with E-state index in [0.29, 0.717) is 24.4 Å². The molecule has 0 bridgehead atoms. The van der Waals surface area contributed by atoms with E-state index in [1.54, 1.807) is 19.2 Å². The number of methoxy groups -OCH3 is 1. The molecular weight excluding hydrogens is 242 g/mol. The Morgan fingerprint density at radius 2 is 2.11 bits per heavy atom. The first-order chi connectivity index (χ1) is 8.87. The van der Waals surface area contributed by atoms with E-state index < -0.39 is 5.97 Å². The molecule has 0 spiro atoms. The van der Waals surface area contributed by atoms with E-state index in [2.05, 4.69) is 19.2 Å². The third-order valence-corrected chi connectivity index (χ3v) is 3.23. The van der Waals surface area contributed by atoms with Crippen molar-refractivity contribution in [2.75, 3.05) is 25.6 Å². The van der Waals surface area contributed by atoms with E-state index in [1.807, 2.05) is 13.0 Å². The Hall–Kier alpha value is -1.55. The Balaban J connectivity index is 2.80. The summed E-state index contributed by atoms with van der Waals surface area (Å²) in [5.74, 6) is -0.902. The fourth-order valence-corrected chi connectivity index (χ4v) is 1.88. The van der Waals surface area contributed by atoms with Crippen LogP contribution < -0.4 is 5.32 Å². The molecule has 0 aromatic heterocycles. The first-order valence-electron chi connectivity index (χ1n) is 6.43. The molecule has 4 heteroatoms. The summed E-state index contributed by atoms with van der Waals surface area (Å²) in [7, 11) is 1.69. The number of carboxylic acids is 1. The summed E-state index contributed by atoms with van der Waals surface area (Å²) in [5, 5.41) is 12.5. The number of carboxylic acid groups (broad SMARTS) is 1. The van der Waals surface area contributed by atoms with E-state index in [0.717, 1.165) is 12.0 Å². The van der Waals surface area contributed by atoms with Gasteiger partial charge in [-0.25, -0.2) is 4.79 Å². The summed E-state index contributed by atoms with van der Waals surface area (Å²) < 4.78 is 5.09. The lowest BCUT2D eigenvalue weighted by Crippen LogP contribution is -2.25. The molecule has 4 nitrogen and oxygen atoms in total. The van der Waals surface area contributed by atoms with Crippen LogP contribution in [0.3, 0.4) is 0 Å². The van der Waals surface area contributed by atoms with E-state index >= 15 is 0 Å². The Morgan fingerprint density at radius 3 is 2.68 bits per heavy atom. The van der Waals surface area contributed by atoms with Gasteiger partial charge in [0.15, 0.2) is 0 Å². The first-order valence-corrected chi connectivity index (χ1v) is 6.43. The zero-order valence-electron chi connectivity index (χ0n) is 12.1. The van der Waals surface area contributed by atoms with E-state index in [4.69, 9.17) is 4.74 Å². The van der Waals surface area contributed by atoms with Gasteiger partial charge in [0.25, 0.3) is 0 Å². The van der Waals surface area contributed by atoms with Gasteiger partial charge in [-0.05, 0) is 30.4 Å². The Bertz CT molecular complexity index is 441. The number of nitrogens with one attached hydrogen (secondary N) is 1. The van der Waals surface area contributed by atoms with E-state index in [9.17, 15) is 9.90 Å². The quantitative estimate of drug-likeness (QED) is 0.795. The minimum absolute atomic E-state index is 0.0497. The SMILES string of the molecule is COCCC(C)(C)CNc1c(C)cccc1C(=O)O. The van der Waals surface area contributed by atoms with Gasteiger partial charge >= 0.3 is 5.97 Å². The van der Waals surface area contributed by atoms with Gasteiger partial charge in [-0.3, -0.25) is 0 Å². The van der Waals surface area contributed by atoms with E-state index in [1.165, 1.54) is 0 Å². The van der Waals surface area contributed by atoms with Crippen molar-refractivity contribution in [3.05, 3.63) is 29.3 Å². The topological polar surface area (TPSA) is 58.6 Å². The highest BCUT2D eigenvalue weighted by Crippen LogP contribution is 2.25. The second-order valence-corrected chi connectivity index (χ2v) is 5.56. The van der Waals surface area contributed by atoms with Crippen molar-refractivity contribution in [1.29, 1.82) is 0 Å². The Kier molecular flexibility index (Phi) is 5.36. The second kappa shape index (κ2) is 6.57. The largest absolute Gasteiger partial charge is 0.478 e. The molecule has 0 heterocycles. The number of hydrogen-bond acceptors (Lipinski definition) is 3. The van der Waals surface area contributed by atoms with E-state index in [-0.39, 0.29) is 5.41 Å². The smallest absolute Gasteiger partial charge is 0.337 e. The van der Waals surface area contributed by atoms with Crippen LogP contribution in [0.2, 0.25) is 0 Å². The average molecular weight is 265 g/mol. The molecule has 1 rings (SSSR count). The summed E-state index contributed by atoms with van der Waals surface area (Å²) in [6.45, 7) is 7.60. The van der Waals surface area contributed by atoms with Crippen LogP contribution in [0.15, 0.2) is 18.2 Å². The van der Waals surface area contributed by atoms with Crippen molar-refractivity contribution in [3.63, 3.8) is 0 Å². The van der Waals surface area contributed by atoms with Gasteiger partial charge in [0.1, 0.15) is 0 Å². The monoisotopic (exact) mass is 265 g/mol. The Labute approximate surface area is 114 Å². The molecule has 0 aliphatic carbocycles. The predicted molar refractivity (Wildman–Crippen MR) is 76.9 cm³/mol. The maximum atomic E-state index is 11.2. The fraction of sp³-hybridized carbons (Fsp3) is 0.533. The molecule has 1 aromatic carbocycles. The number of anilines is 1. The van der Waals surface area contributed by atoms with Crippen LogP contribution >= 0.6 is 0 Å². The molecule has 0 saturated carbocycles. The third kappa shape index (κ3) is 4.56. The minimum Gasteiger partial charge on any atom is -0.478 e. The summed E-state index contributed by atoms with van der Waals surface area (Å²) in [4.78, 5) is 11.2. The summed E-state index contributed by atoms with van der Waals surface area (Å²) in [6.07, 6.45) is 0.921. The number of carbonyl (C=O) groups is 1. The number of ether oxygens (including phenoxy) is 1. The first kappa shape index (κ1) is 15.5. The van der Waals surface area contributed by atoms with Crippen LogP contribution in [0, 0.1) is 12.3 Å². The van der Waals surface area contributed by atoms with Gasteiger partial charge in [0.2, 0.25) is 0 Å². The van der Waals surface area contributed by atoms with Gasteiger partial charge < -0.3 is 15.2 Å². The van der Waals surface area contributed by atoms with Crippen molar-refractivity contribution < 1.29 is 14.6 Å². The normalized spacial score (nSPS) is 11.4. The number of para-hydroxylation sites is 1. The molecule has 2 N–H and O–H groups in total. The molecule has 0 amide bonds. The number of rotatable bonds is 7. The van der Waals surface area contributed by atoms with Crippen LogP contribution in [-0.2, 0) is 4.74 Å². The zero-order valence-corrected chi connectivity index (χ0v) is 12.1. The maximum absolute atomic E-state index is 11.2. The van der Waals surface area contributed by atoms with Crippen molar-refractivity contribution in [1.82, 2.24) is 0 Å². The molecule has 0 radical (unpaired) electrons. The molecule has 1 aromatic rings. The van der Waals surface area contributed by atoms with Crippen molar-refractivity contribution in [2.24, 2.45) is 5.41 Å². The fourth-order valence-electron chi connectivity index (χ4n) is 1.88. The van der Waals surface area contributed by atoms with Crippen LogP contribution in [0.25, 0.3) is 0 Å². The van der Waals surface area contributed by atoms with Gasteiger partial charge in [0.05, 0.1) is 11.3 Å².